The maximum atomic E-state index is 13.6. The van der Waals surface area contributed by atoms with E-state index in [1.54, 1.807) is 4.90 Å². The average molecular weight is 546 g/mol. The summed E-state index contributed by atoms with van der Waals surface area (Å²) >= 11 is 0. The SMILES string of the molecule is C[C@@H](O[C@H]1OCCN(Cc2nn[nH]c2C=O)[C@H]1c1ccc(F)cc1)c1cc(C(F)(F)F)cc(C(F)(F)F)c1. The van der Waals surface area contributed by atoms with Crippen LogP contribution in [0.2, 0.25) is 0 Å². The Morgan fingerprint density at radius 2 is 1.74 bits per heavy atom. The van der Waals surface area contributed by atoms with Crippen LogP contribution in [0.5, 0.6) is 0 Å². The monoisotopic (exact) mass is 546 g/mol. The van der Waals surface area contributed by atoms with Gasteiger partial charge in [0.25, 0.3) is 0 Å². The van der Waals surface area contributed by atoms with Gasteiger partial charge in [0.05, 0.1) is 29.9 Å². The molecule has 1 aliphatic heterocycles. The third-order valence-corrected chi connectivity index (χ3v) is 6.06. The first-order chi connectivity index (χ1) is 17.9. The Morgan fingerprint density at radius 3 is 2.32 bits per heavy atom. The van der Waals surface area contributed by atoms with E-state index in [0.29, 0.717) is 36.2 Å². The molecule has 0 bridgehead atoms. The van der Waals surface area contributed by atoms with Gasteiger partial charge in [0, 0.05) is 13.1 Å². The van der Waals surface area contributed by atoms with Gasteiger partial charge in [0.15, 0.2) is 12.6 Å². The number of aldehydes is 1. The van der Waals surface area contributed by atoms with Crippen LogP contribution in [0.1, 0.15) is 57.5 Å². The highest BCUT2D eigenvalue weighted by atomic mass is 19.4. The number of H-pyrrole nitrogens is 1. The molecule has 0 amide bonds. The first-order valence-electron chi connectivity index (χ1n) is 11.3. The molecule has 38 heavy (non-hydrogen) atoms. The number of hydrogen-bond acceptors (Lipinski definition) is 6. The van der Waals surface area contributed by atoms with Crippen molar-refractivity contribution in [2.24, 2.45) is 0 Å². The molecule has 1 saturated heterocycles. The Bertz CT molecular complexity index is 1230. The van der Waals surface area contributed by atoms with Crippen LogP contribution in [0, 0.1) is 5.82 Å². The Balaban J connectivity index is 1.67. The molecule has 14 heteroatoms. The van der Waals surface area contributed by atoms with Gasteiger partial charge in [0.1, 0.15) is 17.2 Å². The number of hydrogen-bond donors (Lipinski definition) is 1. The number of carbonyl (C=O) groups is 1. The largest absolute Gasteiger partial charge is 0.416 e. The molecule has 1 N–H and O–H groups in total. The second-order valence-electron chi connectivity index (χ2n) is 8.61. The fourth-order valence-electron chi connectivity index (χ4n) is 4.16. The molecule has 0 aliphatic carbocycles. The number of carbonyl (C=O) groups excluding carboxylic acids is 1. The number of halogens is 7. The van der Waals surface area contributed by atoms with Gasteiger partial charge >= 0.3 is 12.4 Å². The van der Waals surface area contributed by atoms with Gasteiger partial charge in [-0.1, -0.05) is 17.3 Å². The molecule has 1 aliphatic rings. The fourth-order valence-corrected chi connectivity index (χ4v) is 4.16. The van der Waals surface area contributed by atoms with Crippen molar-refractivity contribution in [2.45, 2.75) is 44.3 Å². The predicted octanol–water partition coefficient (Wildman–Crippen LogP) is 5.47. The van der Waals surface area contributed by atoms with E-state index in [1.807, 2.05) is 0 Å². The smallest absolute Gasteiger partial charge is 0.349 e. The third kappa shape index (κ3) is 6.19. The zero-order valence-corrected chi connectivity index (χ0v) is 19.7. The molecule has 1 aromatic heterocycles. The van der Waals surface area contributed by atoms with E-state index in [4.69, 9.17) is 9.47 Å². The zero-order chi connectivity index (χ0) is 27.7. The van der Waals surface area contributed by atoms with Crippen LogP contribution in [0.4, 0.5) is 30.7 Å². The highest BCUT2D eigenvalue weighted by molar-refractivity contribution is 5.72. The van der Waals surface area contributed by atoms with Gasteiger partial charge in [-0.25, -0.2) is 4.39 Å². The second-order valence-corrected chi connectivity index (χ2v) is 8.61. The molecule has 1 fully saturated rings. The zero-order valence-electron chi connectivity index (χ0n) is 19.7. The van der Waals surface area contributed by atoms with E-state index in [1.165, 1.54) is 31.2 Å². The molecule has 3 aromatic rings. The van der Waals surface area contributed by atoms with Gasteiger partial charge in [0.2, 0.25) is 0 Å². The Hall–Kier alpha value is -3.36. The normalized spacial score (nSPS) is 19.9. The van der Waals surface area contributed by atoms with Crippen LogP contribution < -0.4 is 0 Å². The summed E-state index contributed by atoms with van der Waals surface area (Å²) in [5.41, 5.74) is -2.36. The molecular formula is C24H21F7N4O3. The minimum Gasteiger partial charge on any atom is -0.349 e. The Kier molecular flexibility index (Phi) is 7.85. The summed E-state index contributed by atoms with van der Waals surface area (Å²) in [7, 11) is 0. The number of nitrogens with zero attached hydrogens (tertiary/aromatic N) is 3. The summed E-state index contributed by atoms with van der Waals surface area (Å²) in [5, 5.41) is 9.95. The maximum Gasteiger partial charge on any atom is 0.416 e. The van der Waals surface area contributed by atoms with Gasteiger partial charge < -0.3 is 9.47 Å². The second kappa shape index (κ2) is 10.8. The molecule has 0 unspecified atom stereocenters. The molecule has 2 heterocycles. The van der Waals surface area contributed by atoms with E-state index in [-0.39, 0.29) is 30.5 Å². The van der Waals surface area contributed by atoms with E-state index in [9.17, 15) is 35.5 Å². The number of ether oxygens (including phenoxy) is 2. The molecule has 2 aromatic carbocycles. The lowest BCUT2D eigenvalue weighted by Gasteiger charge is -2.41. The Labute approximate surface area is 211 Å². The number of aromatic nitrogens is 3. The topological polar surface area (TPSA) is 80.3 Å². The number of aromatic amines is 1. The fraction of sp³-hybridized carbons (Fsp3) is 0.375. The lowest BCUT2D eigenvalue weighted by molar-refractivity contribution is -0.231. The molecule has 0 saturated carbocycles. The van der Waals surface area contributed by atoms with Crippen molar-refractivity contribution in [3.8, 4) is 0 Å². The van der Waals surface area contributed by atoms with Crippen molar-refractivity contribution in [3.63, 3.8) is 0 Å². The molecular weight excluding hydrogens is 525 g/mol. The molecule has 7 nitrogen and oxygen atoms in total. The number of benzene rings is 2. The summed E-state index contributed by atoms with van der Waals surface area (Å²) in [4.78, 5) is 13.1. The van der Waals surface area contributed by atoms with Crippen LogP contribution in [0.15, 0.2) is 42.5 Å². The van der Waals surface area contributed by atoms with Crippen molar-refractivity contribution in [2.75, 3.05) is 13.2 Å². The first-order valence-corrected chi connectivity index (χ1v) is 11.3. The van der Waals surface area contributed by atoms with E-state index >= 15 is 0 Å². The van der Waals surface area contributed by atoms with Crippen molar-refractivity contribution >= 4 is 6.29 Å². The third-order valence-electron chi connectivity index (χ3n) is 6.06. The number of rotatable bonds is 7. The predicted molar refractivity (Wildman–Crippen MR) is 117 cm³/mol. The van der Waals surface area contributed by atoms with E-state index in [2.05, 4.69) is 15.4 Å². The van der Waals surface area contributed by atoms with Crippen molar-refractivity contribution < 1.29 is 45.0 Å². The number of nitrogens with one attached hydrogen (secondary N) is 1. The summed E-state index contributed by atoms with van der Waals surface area (Å²) in [5.74, 6) is -0.522. The summed E-state index contributed by atoms with van der Waals surface area (Å²) < 4.78 is 105. The number of alkyl halides is 6. The van der Waals surface area contributed by atoms with E-state index in [0.717, 1.165) is 0 Å². The highest BCUT2D eigenvalue weighted by Crippen LogP contribution is 2.40. The van der Waals surface area contributed by atoms with Crippen molar-refractivity contribution in [1.82, 2.24) is 20.3 Å². The van der Waals surface area contributed by atoms with Gasteiger partial charge in [-0.2, -0.15) is 26.3 Å². The van der Waals surface area contributed by atoms with Crippen LogP contribution in [-0.4, -0.2) is 46.0 Å². The van der Waals surface area contributed by atoms with Gasteiger partial charge in [-0.05, 0) is 48.4 Å². The molecule has 3 atom stereocenters. The van der Waals surface area contributed by atoms with Gasteiger partial charge in [-0.15, -0.1) is 5.10 Å². The van der Waals surface area contributed by atoms with Crippen LogP contribution in [0.25, 0.3) is 0 Å². The lowest BCUT2D eigenvalue weighted by Crippen LogP contribution is -2.46. The standard InChI is InChI=1S/C24H21F7N4O3/c1-13(15-8-16(23(26,27)28)10-17(9-15)24(29,30)31)38-22-21(14-2-4-18(25)5-3-14)35(6-7-37-22)11-19-20(12-36)33-34-32-19/h2-5,8-10,12-13,21-22H,6-7,11H2,1H3,(H,32,33,34)/t13-,21+,22-/m1/s1. The summed E-state index contributed by atoms with van der Waals surface area (Å²) in [6, 6.07) is 5.75. The lowest BCUT2D eigenvalue weighted by atomic mass is 10.0. The van der Waals surface area contributed by atoms with Crippen LogP contribution in [-0.2, 0) is 28.4 Å². The first kappa shape index (κ1) is 27.7. The minimum absolute atomic E-state index is 0.0406. The summed E-state index contributed by atoms with van der Waals surface area (Å²) in [6.07, 6.45) is -11.9. The Morgan fingerprint density at radius 1 is 1.11 bits per heavy atom. The van der Waals surface area contributed by atoms with Gasteiger partial charge in [-0.3, -0.25) is 14.8 Å². The van der Waals surface area contributed by atoms with Crippen molar-refractivity contribution in [1.29, 1.82) is 0 Å². The molecule has 4 rings (SSSR count). The van der Waals surface area contributed by atoms with E-state index < -0.39 is 47.7 Å². The average Bonchev–Trinajstić information content (AvgIpc) is 3.31. The minimum atomic E-state index is -5.02. The molecule has 0 radical (unpaired) electrons. The number of morpholine rings is 1. The van der Waals surface area contributed by atoms with Crippen LogP contribution in [0.3, 0.4) is 0 Å². The van der Waals surface area contributed by atoms with Crippen molar-refractivity contribution in [3.05, 3.63) is 81.9 Å². The summed E-state index contributed by atoms with van der Waals surface area (Å²) in [6.45, 7) is 1.76. The quantitative estimate of drug-likeness (QED) is 0.313. The molecule has 204 valence electrons. The highest BCUT2D eigenvalue weighted by Gasteiger charge is 2.39. The molecule has 0 spiro atoms. The maximum absolute atomic E-state index is 13.6. The van der Waals surface area contributed by atoms with Crippen LogP contribution >= 0.6 is 0 Å².